The van der Waals surface area contributed by atoms with Crippen molar-refractivity contribution in [2.75, 3.05) is 13.2 Å². The molecule has 0 aliphatic heterocycles. The van der Waals surface area contributed by atoms with E-state index in [2.05, 4.69) is 19.9 Å². The van der Waals surface area contributed by atoms with Crippen molar-refractivity contribution in [1.82, 2.24) is 19.9 Å². The van der Waals surface area contributed by atoms with Crippen LogP contribution in [0.4, 0.5) is 0 Å². The molecule has 0 fully saturated rings. The van der Waals surface area contributed by atoms with Gasteiger partial charge in [0.1, 0.15) is 11.4 Å². The number of aromatic nitrogens is 3. The zero-order chi connectivity index (χ0) is 18.4. The highest BCUT2D eigenvalue weighted by Crippen LogP contribution is 2.16. The van der Waals surface area contributed by atoms with Gasteiger partial charge in [-0.2, -0.15) is 0 Å². The van der Waals surface area contributed by atoms with Gasteiger partial charge in [-0.05, 0) is 43.3 Å². The van der Waals surface area contributed by atoms with Crippen molar-refractivity contribution < 1.29 is 17.6 Å². The van der Waals surface area contributed by atoms with Crippen LogP contribution in [0.3, 0.4) is 0 Å². The van der Waals surface area contributed by atoms with Crippen LogP contribution in [0, 0.1) is 0 Å². The molecule has 136 valence electrons. The van der Waals surface area contributed by atoms with Crippen molar-refractivity contribution in [3.05, 3.63) is 54.6 Å². The monoisotopic (exact) mass is 374 g/mol. The largest absolute Gasteiger partial charge is 0.494 e. The molecule has 1 aromatic carbocycles. The van der Waals surface area contributed by atoms with Gasteiger partial charge in [0.05, 0.1) is 11.5 Å². The lowest BCUT2D eigenvalue weighted by Gasteiger charge is -2.07. The first-order valence-corrected chi connectivity index (χ1v) is 9.53. The Morgan fingerprint density at radius 3 is 2.62 bits per heavy atom. The predicted octanol–water partition coefficient (Wildman–Crippen LogP) is 2.05. The molecule has 0 amide bonds. The van der Waals surface area contributed by atoms with Gasteiger partial charge in [-0.1, -0.05) is 6.07 Å². The van der Waals surface area contributed by atoms with E-state index in [4.69, 9.17) is 9.15 Å². The summed E-state index contributed by atoms with van der Waals surface area (Å²) in [7, 11) is -3.62. The summed E-state index contributed by atoms with van der Waals surface area (Å²) in [5.74, 6) is 1.26. The standard InChI is InChI=1S/C17H18N4O4S/c1-2-24-13-6-8-14(9-7-13)26(22,23)19-12-10-16-20-21-17(25-16)15-5-3-4-11-18-15/h3-9,11,19H,2,10,12H2,1H3. The normalized spacial score (nSPS) is 11.4. The van der Waals surface area contributed by atoms with E-state index in [1.165, 1.54) is 12.1 Å². The highest BCUT2D eigenvalue weighted by atomic mass is 32.2. The van der Waals surface area contributed by atoms with Crippen molar-refractivity contribution in [1.29, 1.82) is 0 Å². The topological polar surface area (TPSA) is 107 Å². The molecule has 1 N–H and O–H groups in total. The molecule has 8 nitrogen and oxygen atoms in total. The Balaban J connectivity index is 1.58. The Labute approximate surface area is 151 Å². The molecular weight excluding hydrogens is 356 g/mol. The molecule has 0 saturated carbocycles. The van der Waals surface area contributed by atoms with Crippen molar-refractivity contribution in [3.8, 4) is 17.3 Å². The van der Waals surface area contributed by atoms with Crippen LogP contribution in [0.2, 0.25) is 0 Å². The Bertz CT molecular complexity index is 940. The Morgan fingerprint density at radius 2 is 1.92 bits per heavy atom. The van der Waals surface area contributed by atoms with Crippen LogP contribution in [0.1, 0.15) is 12.8 Å². The van der Waals surface area contributed by atoms with Crippen LogP contribution in [0.5, 0.6) is 5.75 Å². The van der Waals surface area contributed by atoms with Gasteiger partial charge in [-0.3, -0.25) is 4.98 Å². The molecular formula is C17H18N4O4S. The molecule has 2 heterocycles. The van der Waals surface area contributed by atoms with E-state index < -0.39 is 10.0 Å². The van der Waals surface area contributed by atoms with E-state index in [1.54, 1.807) is 30.5 Å². The summed E-state index contributed by atoms with van der Waals surface area (Å²) in [4.78, 5) is 4.29. The van der Waals surface area contributed by atoms with E-state index in [9.17, 15) is 8.42 Å². The van der Waals surface area contributed by atoms with E-state index in [1.807, 2.05) is 13.0 Å². The number of benzene rings is 1. The Morgan fingerprint density at radius 1 is 1.12 bits per heavy atom. The van der Waals surface area contributed by atoms with Crippen molar-refractivity contribution in [3.63, 3.8) is 0 Å². The minimum Gasteiger partial charge on any atom is -0.494 e. The number of pyridine rings is 1. The average molecular weight is 374 g/mol. The summed E-state index contributed by atoms with van der Waals surface area (Å²) in [5, 5.41) is 7.83. The Hall–Kier alpha value is -2.78. The minimum absolute atomic E-state index is 0.138. The molecule has 0 atom stereocenters. The first-order valence-electron chi connectivity index (χ1n) is 8.05. The molecule has 0 spiro atoms. The van der Waals surface area contributed by atoms with Gasteiger partial charge >= 0.3 is 0 Å². The lowest BCUT2D eigenvalue weighted by molar-refractivity contribution is 0.340. The van der Waals surface area contributed by atoms with Gasteiger partial charge in [0.2, 0.25) is 15.9 Å². The summed E-state index contributed by atoms with van der Waals surface area (Å²) in [5.41, 5.74) is 0.571. The van der Waals surface area contributed by atoms with E-state index in [0.29, 0.717) is 29.8 Å². The molecule has 2 aromatic heterocycles. The van der Waals surface area contributed by atoms with E-state index in [-0.39, 0.29) is 17.9 Å². The van der Waals surface area contributed by atoms with E-state index in [0.717, 1.165) is 0 Å². The van der Waals surface area contributed by atoms with Gasteiger partial charge < -0.3 is 9.15 Å². The summed E-state index contributed by atoms with van der Waals surface area (Å²) in [6.07, 6.45) is 1.90. The third-order valence-corrected chi connectivity index (χ3v) is 4.90. The number of nitrogens with one attached hydrogen (secondary N) is 1. The molecule has 0 aliphatic carbocycles. The molecule has 0 saturated heterocycles. The fourth-order valence-electron chi connectivity index (χ4n) is 2.20. The molecule has 0 unspecified atom stereocenters. The second-order valence-electron chi connectivity index (χ2n) is 5.27. The van der Waals surface area contributed by atoms with Crippen LogP contribution in [0.15, 0.2) is 58.0 Å². The van der Waals surface area contributed by atoms with Gasteiger partial charge in [-0.25, -0.2) is 13.1 Å². The van der Waals surface area contributed by atoms with Crippen LogP contribution in [-0.4, -0.2) is 36.8 Å². The lowest BCUT2D eigenvalue weighted by atomic mass is 10.3. The minimum atomic E-state index is -3.62. The molecule has 0 bridgehead atoms. The van der Waals surface area contributed by atoms with Crippen LogP contribution in [0.25, 0.3) is 11.6 Å². The maximum Gasteiger partial charge on any atom is 0.266 e. The number of hydrogen-bond donors (Lipinski definition) is 1. The van der Waals surface area contributed by atoms with Gasteiger partial charge in [0.25, 0.3) is 5.89 Å². The average Bonchev–Trinajstić information content (AvgIpc) is 3.12. The quantitative estimate of drug-likeness (QED) is 0.643. The smallest absolute Gasteiger partial charge is 0.266 e. The van der Waals surface area contributed by atoms with Gasteiger partial charge in [-0.15, -0.1) is 10.2 Å². The third kappa shape index (κ3) is 4.44. The first-order chi connectivity index (χ1) is 12.6. The van der Waals surface area contributed by atoms with Crippen molar-refractivity contribution >= 4 is 10.0 Å². The maximum atomic E-state index is 12.3. The molecule has 3 aromatic rings. The van der Waals surface area contributed by atoms with Gasteiger partial charge in [0, 0.05) is 19.2 Å². The van der Waals surface area contributed by atoms with Crippen LogP contribution >= 0.6 is 0 Å². The summed E-state index contributed by atoms with van der Waals surface area (Å²) < 4.78 is 37.9. The first kappa shape index (κ1) is 18.0. The second-order valence-corrected chi connectivity index (χ2v) is 7.04. The number of ether oxygens (including phenoxy) is 1. The number of sulfonamides is 1. The zero-order valence-corrected chi connectivity index (χ0v) is 14.9. The summed E-state index contributed by atoms with van der Waals surface area (Å²) >= 11 is 0. The van der Waals surface area contributed by atoms with Gasteiger partial charge in [0.15, 0.2) is 0 Å². The predicted molar refractivity (Wildman–Crippen MR) is 94.0 cm³/mol. The number of rotatable bonds is 8. The third-order valence-electron chi connectivity index (χ3n) is 3.43. The van der Waals surface area contributed by atoms with Crippen LogP contribution in [-0.2, 0) is 16.4 Å². The molecule has 26 heavy (non-hydrogen) atoms. The fourth-order valence-corrected chi connectivity index (χ4v) is 3.24. The van der Waals surface area contributed by atoms with Crippen LogP contribution < -0.4 is 9.46 Å². The maximum absolute atomic E-state index is 12.3. The highest BCUT2D eigenvalue weighted by Gasteiger charge is 2.15. The molecule has 3 rings (SSSR count). The summed E-state index contributed by atoms with van der Waals surface area (Å²) in [6, 6.07) is 11.6. The SMILES string of the molecule is CCOc1ccc(S(=O)(=O)NCCc2nnc(-c3ccccn3)o2)cc1. The molecule has 0 aliphatic rings. The fraction of sp³-hybridized carbons (Fsp3) is 0.235. The lowest BCUT2D eigenvalue weighted by Crippen LogP contribution is -2.26. The van der Waals surface area contributed by atoms with E-state index >= 15 is 0 Å². The summed E-state index contributed by atoms with van der Waals surface area (Å²) in [6.45, 7) is 2.53. The Kier molecular flexibility index (Phi) is 5.59. The molecule has 0 radical (unpaired) electrons. The number of hydrogen-bond acceptors (Lipinski definition) is 7. The second kappa shape index (κ2) is 8.07. The van der Waals surface area contributed by atoms with Crippen molar-refractivity contribution in [2.45, 2.75) is 18.2 Å². The molecule has 9 heteroatoms. The van der Waals surface area contributed by atoms with Crippen molar-refractivity contribution in [2.24, 2.45) is 0 Å². The number of nitrogens with zero attached hydrogens (tertiary/aromatic N) is 3. The highest BCUT2D eigenvalue weighted by molar-refractivity contribution is 7.89. The zero-order valence-electron chi connectivity index (χ0n) is 14.1.